The number of anilines is 2. The van der Waals surface area contributed by atoms with Crippen molar-refractivity contribution in [3.05, 3.63) is 58.6 Å². The second kappa shape index (κ2) is 12.6. The van der Waals surface area contributed by atoms with Gasteiger partial charge in [-0.25, -0.2) is 0 Å². The molecule has 39 heavy (non-hydrogen) atoms. The largest absolute Gasteiger partial charge is 0.508 e. The standard InChI is InChI=1S/C25H27N5O8S/c1-4-38-18(32)12-28-24(34)21(13-5-7-14(31)8-6-13)30(16-11-15(36-2)9-10-17(16)37-3)25(35)22-19(26)20(23(27)33)29-39-22/h5-11,21,31H,4,12,26H2,1-3H3,(H2,27,33)(H,28,34)/t21-/m0/s1. The van der Waals surface area contributed by atoms with E-state index in [2.05, 4.69) is 9.69 Å². The molecule has 3 rings (SSSR count). The van der Waals surface area contributed by atoms with Gasteiger partial charge in [0.1, 0.15) is 34.7 Å². The maximum atomic E-state index is 14.1. The number of carbonyl (C=O) groups is 4. The van der Waals surface area contributed by atoms with Crippen LogP contribution in [0.1, 0.15) is 38.7 Å². The molecule has 0 spiro atoms. The van der Waals surface area contributed by atoms with Gasteiger partial charge in [0.2, 0.25) is 5.91 Å². The molecule has 1 atom stereocenters. The zero-order chi connectivity index (χ0) is 28.7. The van der Waals surface area contributed by atoms with Crippen molar-refractivity contribution in [3.8, 4) is 17.2 Å². The van der Waals surface area contributed by atoms with Crippen molar-refractivity contribution in [2.24, 2.45) is 5.73 Å². The summed E-state index contributed by atoms with van der Waals surface area (Å²) in [7, 11) is 2.79. The van der Waals surface area contributed by atoms with Gasteiger partial charge in [0.25, 0.3) is 11.8 Å². The molecule has 0 unspecified atom stereocenters. The molecule has 3 amide bonds. The summed E-state index contributed by atoms with van der Waals surface area (Å²) in [4.78, 5) is 52.5. The van der Waals surface area contributed by atoms with Crippen LogP contribution in [-0.4, -0.2) is 60.5 Å². The Morgan fingerprint density at radius 3 is 2.36 bits per heavy atom. The number of aromatic hydroxyl groups is 1. The second-order valence-corrected chi connectivity index (χ2v) is 8.64. The number of rotatable bonds is 11. The Morgan fingerprint density at radius 1 is 1.10 bits per heavy atom. The minimum Gasteiger partial charge on any atom is -0.508 e. The Bertz CT molecular complexity index is 1380. The van der Waals surface area contributed by atoms with E-state index in [1.165, 1.54) is 50.6 Å². The smallest absolute Gasteiger partial charge is 0.325 e. The molecule has 14 heteroatoms. The predicted molar refractivity (Wildman–Crippen MR) is 142 cm³/mol. The first kappa shape index (κ1) is 28.7. The van der Waals surface area contributed by atoms with Crippen LogP contribution in [0.15, 0.2) is 42.5 Å². The zero-order valence-corrected chi connectivity index (χ0v) is 22.1. The topological polar surface area (TPSA) is 196 Å². The van der Waals surface area contributed by atoms with Crippen molar-refractivity contribution < 1.29 is 38.5 Å². The highest BCUT2D eigenvalue weighted by Crippen LogP contribution is 2.40. The summed E-state index contributed by atoms with van der Waals surface area (Å²) >= 11 is 0.626. The molecule has 0 bridgehead atoms. The third-order valence-corrected chi connectivity index (χ3v) is 6.30. The maximum absolute atomic E-state index is 14.1. The van der Waals surface area contributed by atoms with E-state index < -0.39 is 36.3 Å². The summed E-state index contributed by atoms with van der Waals surface area (Å²) in [5.74, 6) is -2.79. The number of primary amides is 1. The number of phenols is 1. The quantitative estimate of drug-likeness (QED) is 0.251. The number of hydrogen-bond donors (Lipinski definition) is 4. The second-order valence-electron chi connectivity index (χ2n) is 7.87. The lowest BCUT2D eigenvalue weighted by Crippen LogP contribution is -2.45. The van der Waals surface area contributed by atoms with E-state index >= 15 is 0 Å². The molecule has 206 valence electrons. The van der Waals surface area contributed by atoms with Gasteiger partial charge in [-0.15, -0.1) is 0 Å². The highest BCUT2D eigenvalue weighted by Gasteiger charge is 2.38. The molecule has 13 nitrogen and oxygen atoms in total. The summed E-state index contributed by atoms with van der Waals surface area (Å²) in [5.41, 5.74) is 11.2. The Labute approximate surface area is 227 Å². The normalized spacial score (nSPS) is 11.3. The minimum absolute atomic E-state index is 0.0842. The van der Waals surface area contributed by atoms with Crippen LogP contribution in [0, 0.1) is 0 Å². The van der Waals surface area contributed by atoms with Crippen molar-refractivity contribution in [2.45, 2.75) is 13.0 Å². The summed E-state index contributed by atoms with van der Waals surface area (Å²) in [6.45, 7) is 1.25. The highest BCUT2D eigenvalue weighted by molar-refractivity contribution is 7.09. The van der Waals surface area contributed by atoms with Crippen molar-refractivity contribution in [3.63, 3.8) is 0 Å². The van der Waals surface area contributed by atoms with E-state index in [1.54, 1.807) is 13.0 Å². The molecule has 0 saturated carbocycles. The fraction of sp³-hybridized carbons (Fsp3) is 0.240. The van der Waals surface area contributed by atoms with Crippen LogP contribution in [0.4, 0.5) is 11.4 Å². The number of ether oxygens (including phenoxy) is 3. The number of amides is 3. The Hall–Kier alpha value is -4.85. The molecular formula is C25H27N5O8S. The first-order valence-corrected chi connectivity index (χ1v) is 12.2. The van der Waals surface area contributed by atoms with Gasteiger partial charge in [0.05, 0.1) is 32.2 Å². The fourth-order valence-electron chi connectivity index (χ4n) is 3.63. The number of benzene rings is 2. The number of esters is 1. The number of nitrogens with two attached hydrogens (primary N) is 2. The van der Waals surface area contributed by atoms with Crippen LogP contribution in [0.2, 0.25) is 0 Å². The van der Waals surface area contributed by atoms with E-state index in [9.17, 15) is 24.3 Å². The molecular weight excluding hydrogens is 530 g/mol. The first-order valence-electron chi connectivity index (χ1n) is 11.5. The molecule has 0 aliphatic carbocycles. The van der Waals surface area contributed by atoms with Crippen molar-refractivity contribution in [2.75, 3.05) is 38.0 Å². The van der Waals surface area contributed by atoms with Crippen molar-refractivity contribution in [1.29, 1.82) is 0 Å². The number of phenolic OH excluding ortho intramolecular Hbond substituents is 1. The Balaban J connectivity index is 2.26. The lowest BCUT2D eigenvalue weighted by Gasteiger charge is -2.32. The SMILES string of the molecule is CCOC(=O)CNC(=O)[C@H](c1ccc(O)cc1)N(C(=O)c1snc(C(N)=O)c1N)c1cc(OC)ccc1OC. The maximum Gasteiger partial charge on any atom is 0.325 e. The number of nitrogens with one attached hydrogen (secondary N) is 1. The Kier molecular flexibility index (Phi) is 9.28. The van der Waals surface area contributed by atoms with Crippen LogP contribution in [0.5, 0.6) is 17.2 Å². The van der Waals surface area contributed by atoms with Crippen LogP contribution in [0.25, 0.3) is 0 Å². The third kappa shape index (κ3) is 6.35. The number of aromatic nitrogens is 1. The van der Waals surface area contributed by atoms with Gasteiger partial charge in [-0.1, -0.05) is 12.1 Å². The number of methoxy groups -OCH3 is 2. The molecule has 2 aromatic carbocycles. The molecule has 0 aliphatic heterocycles. The molecule has 1 aromatic heterocycles. The lowest BCUT2D eigenvalue weighted by atomic mass is 10.0. The van der Waals surface area contributed by atoms with Gasteiger partial charge >= 0.3 is 5.97 Å². The van der Waals surface area contributed by atoms with Crippen LogP contribution < -0.4 is 31.2 Å². The van der Waals surface area contributed by atoms with Crippen LogP contribution in [-0.2, 0) is 14.3 Å². The van der Waals surface area contributed by atoms with Gasteiger partial charge in [-0.2, -0.15) is 4.37 Å². The minimum atomic E-state index is -1.44. The lowest BCUT2D eigenvalue weighted by molar-refractivity contribution is -0.143. The van der Waals surface area contributed by atoms with Gasteiger partial charge in [-0.05, 0) is 48.3 Å². The van der Waals surface area contributed by atoms with Crippen LogP contribution >= 0.6 is 11.5 Å². The molecule has 3 aromatic rings. The van der Waals surface area contributed by atoms with E-state index in [-0.39, 0.29) is 45.6 Å². The van der Waals surface area contributed by atoms with E-state index in [1.807, 2.05) is 0 Å². The predicted octanol–water partition coefficient (Wildman–Crippen LogP) is 1.61. The molecule has 1 heterocycles. The molecule has 0 saturated heterocycles. The third-order valence-electron chi connectivity index (χ3n) is 5.45. The van der Waals surface area contributed by atoms with E-state index in [4.69, 9.17) is 25.7 Å². The molecule has 0 aliphatic rings. The summed E-state index contributed by atoms with van der Waals surface area (Å²) in [6.07, 6.45) is 0. The van der Waals surface area contributed by atoms with Crippen molar-refractivity contribution in [1.82, 2.24) is 9.69 Å². The molecule has 0 fully saturated rings. The average molecular weight is 558 g/mol. The average Bonchev–Trinajstić information content (AvgIpc) is 3.32. The van der Waals surface area contributed by atoms with Gasteiger partial charge in [0.15, 0.2) is 5.69 Å². The summed E-state index contributed by atoms with van der Waals surface area (Å²) in [6, 6.07) is 8.68. The fourth-order valence-corrected chi connectivity index (χ4v) is 4.37. The molecule has 6 N–H and O–H groups in total. The monoisotopic (exact) mass is 557 g/mol. The number of nitrogens with zero attached hydrogens (tertiary/aromatic N) is 2. The Morgan fingerprint density at radius 2 is 1.79 bits per heavy atom. The van der Waals surface area contributed by atoms with Gasteiger partial charge < -0.3 is 36.1 Å². The van der Waals surface area contributed by atoms with Crippen LogP contribution in [0.3, 0.4) is 0 Å². The molecule has 0 radical (unpaired) electrons. The van der Waals surface area contributed by atoms with Gasteiger partial charge in [0, 0.05) is 6.07 Å². The highest BCUT2D eigenvalue weighted by atomic mass is 32.1. The first-order chi connectivity index (χ1) is 18.6. The number of hydrogen-bond acceptors (Lipinski definition) is 11. The van der Waals surface area contributed by atoms with E-state index in [0.717, 1.165) is 4.90 Å². The zero-order valence-electron chi connectivity index (χ0n) is 21.3. The number of carbonyl (C=O) groups excluding carboxylic acids is 4. The number of nitrogen functional groups attached to an aromatic ring is 1. The van der Waals surface area contributed by atoms with Gasteiger partial charge in [-0.3, -0.25) is 24.1 Å². The summed E-state index contributed by atoms with van der Waals surface area (Å²) in [5, 5.41) is 12.3. The summed E-state index contributed by atoms with van der Waals surface area (Å²) < 4.78 is 19.6. The van der Waals surface area contributed by atoms with E-state index in [0.29, 0.717) is 17.3 Å². The van der Waals surface area contributed by atoms with Crippen molar-refractivity contribution >= 4 is 46.6 Å².